The number of benzene rings is 1. The number of ether oxygens (including phenoxy) is 1. The summed E-state index contributed by atoms with van der Waals surface area (Å²) in [6, 6.07) is 8.18. The van der Waals surface area contributed by atoms with Gasteiger partial charge in [0.05, 0.1) is 18.1 Å². The van der Waals surface area contributed by atoms with Crippen LogP contribution in [0.2, 0.25) is 0 Å². The lowest BCUT2D eigenvalue weighted by molar-refractivity contribution is -0.153. The van der Waals surface area contributed by atoms with E-state index in [0.717, 1.165) is 66.8 Å². The molecule has 3 saturated carbocycles. The van der Waals surface area contributed by atoms with Gasteiger partial charge in [-0.25, -0.2) is 4.98 Å². The van der Waals surface area contributed by atoms with Gasteiger partial charge < -0.3 is 9.72 Å². The number of allylic oxidation sites excluding steroid dienone is 2. The molecule has 204 valence electrons. The molecule has 1 aromatic heterocycles. The summed E-state index contributed by atoms with van der Waals surface area (Å²) in [5, 5.41) is 0.942. The van der Waals surface area contributed by atoms with Gasteiger partial charge in [0.2, 0.25) is 0 Å². The number of fused-ring (bicyclic) bond motifs is 6. The molecule has 1 heterocycles. The summed E-state index contributed by atoms with van der Waals surface area (Å²) in [7, 11) is 1.45. The lowest BCUT2D eigenvalue weighted by atomic mass is 9.44. The summed E-state index contributed by atoms with van der Waals surface area (Å²) in [4.78, 5) is 34.5. The molecular weight excluding hydrogens is 496 g/mol. The molecule has 4 aliphatic rings. The lowest BCUT2D eigenvalue weighted by Gasteiger charge is -2.60. The molecule has 2 aromatic rings. The number of nitrogens with zero attached hydrogens (tertiary/aromatic N) is 1. The van der Waals surface area contributed by atoms with Crippen molar-refractivity contribution in [3.8, 4) is 0 Å². The van der Waals surface area contributed by atoms with Crippen LogP contribution < -0.4 is 0 Å². The van der Waals surface area contributed by atoms with Gasteiger partial charge in [0.15, 0.2) is 0 Å². The Balaban J connectivity index is 1.29. The van der Waals surface area contributed by atoms with Crippen LogP contribution in [0.1, 0.15) is 84.4 Å². The molecule has 1 N–H and O–H groups in total. The van der Waals surface area contributed by atoms with Gasteiger partial charge in [-0.2, -0.15) is 0 Å². The van der Waals surface area contributed by atoms with E-state index in [1.54, 1.807) is 0 Å². The molecule has 0 spiro atoms. The Bertz CT molecular complexity index is 1270. The van der Waals surface area contributed by atoms with Crippen molar-refractivity contribution in [3.05, 3.63) is 35.1 Å². The number of rotatable bonds is 5. The summed E-state index contributed by atoms with van der Waals surface area (Å²) in [6.07, 6.45) is 8.27. The van der Waals surface area contributed by atoms with Crippen LogP contribution in [0, 0.1) is 46.3 Å². The molecular formula is C32H41ClN2O3. The molecule has 6 heteroatoms. The normalized spacial score (nSPS) is 37.5. The Kier molecular flexibility index (Phi) is 6.53. The number of aromatic nitrogens is 2. The highest BCUT2D eigenvalue weighted by molar-refractivity contribution is 6.32. The maximum atomic E-state index is 14.2. The van der Waals surface area contributed by atoms with E-state index in [-0.39, 0.29) is 16.8 Å². The van der Waals surface area contributed by atoms with E-state index in [2.05, 4.69) is 31.8 Å². The van der Waals surface area contributed by atoms with Gasteiger partial charge in [0.1, 0.15) is 11.6 Å². The molecule has 5 nitrogen and oxygen atoms in total. The number of esters is 1. The molecule has 0 radical (unpaired) electrons. The van der Waals surface area contributed by atoms with Gasteiger partial charge in [0, 0.05) is 28.9 Å². The second kappa shape index (κ2) is 9.50. The van der Waals surface area contributed by atoms with Crippen LogP contribution in [0.15, 0.2) is 29.3 Å². The van der Waals surface area contributed by atoms with Crippen molar-refractivity contribution in [1.29, 1.82) is 0 Å². The average molecular weight is 537 g/mol. The van der Waals surface area contributed by atoms with Gasteiger partial charge in [-0.1, -0.05) is 44.5 Å². The second-order valence-corrected chi connectivity index (χ2v) is 13.6. The number of hydrogen-bond donors (Lipinski definition) is 1. The van der Waals surface area contributed by atoms with Crippen LogP contribution in [-0.4, -0.2) is 28.8 Å². The first-order chi connectivity index (χ1) is 18.2. The fourth-order valence-corrected chi connectivity index (χ4v) is 9.98. The molecule has 1 aromatic carbocycles. The van der Waals surface area contributed by atoms with E-state index in [1.807, 2.05) is 18.2 Å². The van der Waals surface area contributed by atoms with Crippen molar-refractivity contribution in [1.82, 2.24) is 9.97 Å². The molecule has 3 fully saturated rings. The number of H-pyrrole nitrogens is 1. The highest BCUT2D eigenvalue weighted by Gasteiger charge is 2.64. The summed E-state index contributed by atoms with van der Waals surface area (Å²) in [5.74, 6) is 3.64. The van der Waals surface area contributed by atoms with E-state index in [1.165, 1.54) is 12.7 Å². The summed E-state index contributed by atoms with van der Waals surface area (Å²) < 4.78 is 4.89. The van der Waals surface area contributed by atoms with Gasteiger partial charge in [-0.3, -0.25) is 9.59 Å². The van der Waals surface area contributed by atoms with Gasteiger partial charge in [0.25, 0.3) is 0 Å². The van der Waals surface area contributed by atoms with Crippen LogP contribution in [0.5, 0.6) is 0 Å². The van der Waals surface area contributed by atoms with Crippen molar-refractivity contribution in [2.45, 2.75) is 78.6 Å². The summed E-state index contributed by atoms with van der Waals surface area (Å²) in [5.41, 5.74) is 2.98. The molecule has 0 unspecified atom stereocenters. The highest BCUT2D eigenvalue weighted by atomic mass is 35.5. The molecule has 0 amide bonds. The maximum Gasteiger partial charge on any atom is 0.305 e. The van der Waals surface area contributed by atoms with Gasteiger partial charge >= 0.3 is 5.97 Å². The fourth-order valence-electron chi connectivity index (χ4n) is 9.66. The number of Topliss-reactive ketones (excluding diaryl/α,β-unsaturated/α-hetero) is 1. The number of halogens is 1. The number of carbonyl (C=O) groups is 2. The number of nitrogens with one attached hydrogen (secondary N) is 1. The number of carbonyl (C=O) groups excluding carboxylic acids is 2. The molecule has 38 heavy (non-hydrogen) atoms. The third-order valence-corrected chi connectivity index (χ3v) is 12.1. The van der Waals surface area contributed by atoms with Crippen molar-refractivity contribution in [3.63, 3.8) is 0 Å². The van der Waals surface area contributed by atoms with Crippen molar-refractivity contribution in [2.24, 2.45) is 46.3 Å². The average Bonchev–Trinajstić information content (AvgIpc) is 3.50. The van der Waals surface area contributed by atoms with E-state index in [0.29, 0.717) is 54.1 Å². The first-order valence-corrected chi connectivity index (χ1v) is 15.0. The molecule has 0 bridgehead atoms. The van der Waals surface area contributed by atoms with Crippen LogP contribution in [-0.2, 0) is 14.3 Å². The Hall–Kier alpha value is -2.14. The number of aromatic amines is 1. The third-order valence-electron chi connectivity index (χ3n) is 11.7. The SMILES string of the molecule is COC(=O)CC[C@H](C)[C@H]1CC[C@H]2[C@@H]3CC[C@@H]4C(c5nc6ccccc6[nH]5)=C(Cl)CC[C@]4(C)[C@H]3CC(=O)[C@]12C. The van der Waals surface area contributed by atoms with Crippen LogP contribution >= 0.6 is 11.6 Å². The van der Waals surface area contributed by atoms with E-state index < -0.39 is 0 Å². The van der Waals surface area contributed by atoms with Crippen LogP contribution in [0.3, 0.4) is 0 Å². The Morgan fingerprint density at radius 1 is 1.18 bits per heavy atom. The van der Waals surface area contributed by atoms with Gasteiger partial charge in [-0.15, -0.1) is 0 Å². The lowest BCUT2D eigenvalue weighted by Crippen LogP contribution is -2.56. The van der Waals surface area contributed by atoms with E-state index in [4.69, 9.17) is 21.3 Å². The minimum atomic E-state index is -0.274. The zero-order valence-electron chi connectivity index (χ0n) is 23.2. The number of imidazole rings is 1. The predicted molar refractivity (Wildman–Crippen MR) is 150 cm³/mol. The number of para-hydroxylation sites is 2. The maximum absolute atomic E-state index is 14.2. The first-order valence-electron chi connectivity index (χ1n) is 14.6. The Morgan fingerprint density at radius 2 is 1.97 bits per heavy atom. The van der Waals surface area contributed by atoms with Gasteiger partial charge in [-0.05, 0) is 98.0 Å². The largest absolute Gasteiger partial charge is 0.469 e. The van der Waals surface area contributed by atoms with Crippen molar-refractivity contribution in [2.75, 3.05) is 7.11 Å². The number of ketones is 1. The third kappa shape index (κ3) is 3.82. The summed E-state index contributed by atoms with van der Waals surface area (Å²) >= 11 is 6.98. The monoisotopic (exact) mass is 536 g/mol. The van der Waals surface area contributed by atoms with Crippen molar-refractivity contribution >= 4 is 40.0 Å². The second-order valence-electron chi connectivity index (χ2n) is 13.1. The number of hydrogen-bond acceptors (Lipinski definition) is 4. The molecule has 8 atom stereocenters. The fraction of sp³-hybridized carbons (Fsp3) is 0.656. The smallest absolute Gasteiger partial charge is 0.305 e. The molecule has 0 aliphatic heterocycles. The van der Waals surface area contributed by atoms with Crippen LogP contribution in [0.25, 0.3) is 16.6 Å². The summed E-state index contributed by atoms with van der Waals surface area (Å²) in [6.45, 7) is 6.96. The highest BCUT2D eigenvalue weighted by Crippen LogP contribution is 2.68. The molecule has 4 aliphatic carbocycles. The standard InChI is InChI=1S/C32H41ClN2O3/c1-18(9-14-28(37)38-4)20-12-13-21-19-10-11-22-29(30-34-25-7-5-6-8-26(25)35-30)24(33)15-16-31(22,2)23(19)17-27(36)32(20,21)3/h5-8,18-23H,9-17H2,1-4H3,(H,34,35)/t18-,19-,20+,21-,22+,23-,31-,32+/m0/s1. The minimum absolute atomic E-state index is 0.0428. The zero-order chi connectivity index (χ0) is 26.8. The Morgan fingerprint density at radius 3 is 2.74 bits per heavy atom. The zero-order valence-corrected chi connectivity index (χ0v) is 23.9. The van der Waals surface area contributed by atoms with Crippen LogP contribution in [0.4, 0.5) is 0 Å². The van der Waals surface area contributed by atoms with Crippen molar-refractivity contribution < 1.29 is 14.3 Å². The quantitative estimate of drug-likeness (QED) is 0.400. The predicted octanol–water partition coefficient (Wildman–Crippen LogP) is 7.55. The van der Waals surface area contributed by atoms with E-state index in [9.17, 15) is 9.59 Å². The van der Waals surface area contributed by atoms with E-state index >= 15 is 0 Å². The minimum Gasteiger partial charge on any atom is -0.469 e. The molecule has 0 saturated heterocycles. The molecule has 6 rings (SSSR count). The number of methoxy groups -OCH3 is 1. The topological polar surface area (TPSA) is 72.0 Å². The Labute approximate surface area is 231 Å². The first kappa shape index (κ1) is 26.1.